The first-order valence-corrected chi connectivity index (χ1v) is 8.91. The van der Waals surface area contributed by atoms with E-state index in [1.807, 2.05) is 32.0 Å². The molecule has 0 aliphatic carbocycles. The lowest BCUT2D eigenvalue weighted by Gasteiger charge is -2.14. The Morgan fingerprint density at radius 3 is 2.65 bits per heavy atom. The summed E-state index contributed by atoms with van der Waals surface area (Å²) in [6.07, 6.45) is 0. The Labute approximate surface area is 157 Å². The van der Waals surface area contributed by atoms with Crippen LogP contribution in [-0.4, -0.2) is 19.6 Å². The molecule has 0 aromatic heterocycles. The minimum absolute atomic E-state index is 0.183. The van der Waals surface area contributed by atoms with E-state index in [0.29, 0.717) is 23.7 Å². The maximum absolute atomic E-state index is 12.5. The number of carbonyl (C=O) groups excluding carboxylic acids is 1. The van der Waals surface area contributed by atoms with E-state index in [9.17, 15) is 4.79 Å². The Kier molecular flexibility index (Phi) is 6.29. The van der Waals surface area contributed by atoms with Gasteiger partial charge in [-0.05, 0) is 72.3 Å². The molecule has 1 amide bonds. The molecule has 0 fully saturated rings. The number of methoxy groups -OCH3 is 1. The number of amides is 1. The zero-order valence-corrected chi connectivity index (χ0v) is 16.8. The van der Waals surface area contributed by atoms with E-state index in [4.69, 9.17) is 9.47 Å². The summed E-state index contributed by atoms with van der Waals surface area (Å²) in [5, 5.41) is 2.93. The molecule has 23 heavy (non-hydrogen) atoms. The zero-order chi connectivity index (χ0) is 17.0. The van der Waals surface area contributed by atoms with Crippen molar-refractivity contribution >= 4 is 50.1 Å². The standard InChI is InChI=1S/C17H17BrINO3/c1-4-23-15-9-11(8-13(19)16(15)22-3)17(21)20-14-6-5-12(18)7-10(14)2/h5-9H,4H2,1-3H3,(H,20,21). The van der Waals surface area contributed by atoms with Gasteiger partial charge >= 0.3 is 0 Å². The van der Waals surface area contributed by atoms with Crippen molar-refractivity contribution in [2.45, 2.75) is 13.8 Å². The van der Waals surface area contributed by atoms with Crippen LogP contribution < -0.4 is 14.8 Å². The Morgan fingerprint density at radius 2 is 2.04 bits per heavy atom. The maximum atomic E-state index is 12.5. The van der Waals surface area contributed by atoms with Crippen molar-refractivity contribution in [3.63, 3.8) is 0 Å². The highest BCUT2D eigenvalue weighted by atomic mass is 127. The van der Waals surface area contributed by atoms with Gasteiger partial charge in [0.05, 0.1) is 17.3 Å². The lowest BCUT2D eigenvalue weighted by atomic mass is 10.1. The quantitative estimate of drug-likeness (QED) is 0.600. The fourth-order valence-corrected chi connectivity index (χ4v) is 3.42. The molecular weight excluding hydrogens is 473 g/mol. The lowest BCUT2D eigenvalue weighted by Crippen LogP contribution is -2.13. The predicted octanol–water partition coefficient (Wildman–Crippen LogP) is 5.02. The molecule has 0 radical (unpaired) electrons. The number of hydrogen-bond donors (Lipinski definition) is 1. The number of benzene rings is 2. The van der Waals surface area contributed by atoms with Crippen LogP contribution in [0.4, 0.5) is 5.69 Å². The first kappa shape index (κ1) is 18.1. The van der Waals surface area contributed by atoms with Crippen LogP contribution in [0.5, 0.6) is 11.5 Å². The number of hydrogen-bond acceptors (Lipinski definition) is 3. The second kappa shape index (κ2) is 8.01. The van der Waals surface area contributed by atoms with Crippen LogP contribution in [0.25, 0.3) is 0 Å². The van der Waals surface area contributed by atoms with Gasteiger partial charge in [0.1, 0.15) is 0 Å². The maximum Gasteiger partial charge on any atom is 0.255 e. The summed E-state index contributed by atoms with van der Waals surface area (Å²) in [5.74, 6) is 1.03. The average Bonchev–Trinajstić information content (AvgIpc) is 2.50. The molecular formula is C17H17BrINO3. The Bertz CT molecular complexity index is 734. The van der Waals surface area contributed by atoms with E-state index in [0.717, 1.165) is 19.3 Å². The highest BCUT2D eigenvalue weighted by molar-refractivity contribution is 14.1. The fraction of sp³-hybridized carbons (Fsp3) is 0.235. The Hall–Kier alpha value is -1.28. The second-order valence-electron chi connectivity index (χ2n) is 4.84. The summed E-state index contributed by atoms with van der Waals surface area (Å²) in [7, 11) is 1.59. The third-order valence-electron chi connectivity index (χ3n) is 3.21. The van der Waals surface area contributed by atoms with Crippen molar-refractivity contribution < 1.29 is 14.3 Å². The van der Waals surface area contributed by atoms with Crippen molar-refractivity contribution in [2.75, 3.05) is 19.0 Å². The Balaban J connectivity index is 2.32. The molecule has 0 aliphatic heterocycles. The smallest absolute Gasteiger partial charge is 0.255 e. The van der Waals surface area contributed by atoms with Crippen molar-refractivity contribution in [3.8, 4) is 11.5 Å². The van der Waals surface area contributed by atoms with Gasteiger partial charge in [0.25, 0.3) is 5.91 Å². The number of halogens is 2. The van der Waals surface area contributed by atoms with Gasteiger partial charge in [0, 0.05) is 15.7 Å². The molecule has 0 bridgehead atoms. The number of anilines is 1. The molecule has 2 rings (SSSR count). The molecule has 0 atom stereocenters. The summed E-state index contributed by atoms with van der Waals surface area (Å²) in [4.78, 5) is 12.5. The van der Waals surface area contributed by atoms with E-state index in [2.05, 4.69) is 43.8 Å². The topological polar surface area (TPSA) is 47.6 Å². The molecule has 0 aliphatic rings. The zero-order valence-electron chi connectivity index (χ0n) is 13.1. The second-order valence-corrected chi connectivity index (χ2v) is 6.91. The molecule has 4 nitrogen and oxygen atoms in total. The molecule has 122 valence electrons. The van der Waals surface area contributed by atoms with Gasteiger partial charge in [0.2, 0.25) is 0 Å². The summed E-state index contributed by atoms with van der Waals surface area (Å²) >= 11 is 5.55. The number of aryl methyl sites for hydroxylation is 1. The minimum atomic E-state index is -0.183. The lowest BCUT2D eigenvalue weighted by molar-refractivity contribution is 0.102. The molecule has 6 heteroatoms. The first-order chi connectivity index (χ1) is 11.0. The van der Waals surface area contributed by atoms with Crippen molar-refractivity contribution in [1.82, 2.24) is 0 Å². The van der Waals surface area contributed by atoms with Crippen LogP contribution in [0.2, 0.25) is 0 Å². The van der Waals surface area contributed by atoms with Crippen molar-refractivity contribution in [1.29, 1.82) is 0 Å². The van der Waals surface area contributed by atoms with E-state index < -0.39 is 0 Å². The summed E-state index contributed by atoms with van der Waals surface area (Å²) in [6.45, 7) is 4.34. The number of nitrogens with one attached hydrogen (secondary N) is 1. The van der Waals surface area contributed by atoms with Gasteiger partial charge in [-0.15, -0.1) is 0 Å². The van der Waals surface area contributed by atoms with E-state index in [-0.39, 0.29) is 5.91 Å². The summed E-state index contributed by atoms with van der Waals surface area (Å²) in [5.41, 5.74) is 2.30. The third-order valence-corrected chi connectivity index (χ3v) is 4.51. The molecule has 2 aromatic rings. The van der Waals surface area contributed by atoms with Crippen LogP contribution in [0, 0.1) is 10.5 Å². The van der Waals surface area contributed by atoms with E-state index in [1.165, 1.54) is 0 Å². The number of carbonyl (C=O) groups is 1. The molecule has 1 N–H and O–H groups in total. The molecule has 0 heterocycles. The fourth-order valence-electron chi connectivity index (χ4n) is 2.12. The van der Waals surface area contributed by atoms with E-state index in [1.54, 1.807) is 19.2 Å². The highest BCUT2D eigenvalue weighted by Gasteiger charge is 2.16. The average molecular weight is 490 g/mol. The first-order valence-electron chi connectivity index (χ1n) is 7.04. The SMILES string of the molecule is CCOc1cc(C(=O)Nc2ccc(Br)cc2C)cc(I)c1OC. The van der Waals surface area contributed by atoms with Crippen LogP contribution in [-0.2, 0) is 0 Å². The van der Waals surface area contributed by atoms with Gasteiger partial charge in [-0.1, -0.05) is 15.9 Å². The number of rotatable bonds is 5. The molecule has 2 aromatic carbocycles. The summed E-state index contributed by atoms with van der Waals surface area (Å²) < 4.78 is 12.7. The van der Waals surface area contributed by atoms with Crippen LogP contribution in [0.15, 0.2) is 34.8 Å². The van der Waals surface area contributed by atoms with Crippen LogP contribution >= 0.6 is 38.5 Å². The monoisotopic (exact) mass is 489 g/mol. The van der Waals surface area contributed by atoms with Crippen LogP contribution in [0.3, 0.4) is 0 Å². The highest BCUT2D eigenvalue weighted by Crippen LogP contribution is 2.34. The van der Waals surface area contributed by atoms with Crippen molar-refractivity contribution in [2.24, 2.45) is 0 Å². The van der Waals surface area contributed by atoms with Crippen LogP contribution in [0.1, 0.15) is 22.8 Å². The van der Waals surface area contributed by atoms with Gasteiger partial charge in [-0.3, -0.25) is 4.79 Å². The predicted molar refractivity (Wildman–Crippen MR) is 104 cm³/mol. The largest absolute Gasteiger partial charge is 0.492 e. The molecule has 0 saturated heterocycles. The Morgan fingerprint density at radius 1 is 1.30 bits per heavy atom. The molecule has 0 unspecified atom stereocenters. The number of ether oxygens (including phenoxy) is 2. The van der Waals surface area contributed by atoms with Gasteiger partial charge in [0.15, 0.2) is 11.5 Å². The van der Waals surface area contributed by atoms with E-state index >= 15 is 0 Å². The van der Waals surface area contributed by atoms with Crippen molar-refractivity contribution in [3.05, 3.63) is 49.5 Å². The van der Waals surface area contributed by atoms with Gasteiger partial charge in [-0.25, -0.2) is 0 Å². The molecule has 0 saturated carbocycles. The van der Waals surface area contributed by atoms with Gasteiger partial charge in [-0.2, -0.15) is 0 Å². The molecule has 0 spiro atoms. The minimum Gasteiger partial charge on any atom is -0.492 e. The normalized spacial score (nSPS) is 10.3. The third kappa shape index (κ3) is 4.38. The van der Waals surface area contributed by atoms with Gasteiger partial charge < -0.3 is 14.8 Å². The summed E-state index contributed by atoms with van der Waals surface area (Å²) in [6, 6.07) is 9.21.